The Bertz CT molecular complexity index is 357. The van der Waals surface area contributed by atoms with Gasteiger partial charge in [0.05, 0.1) is 10.6 Å². The topological polar surface area (TPSA) is 55.1 Å². The van der Waals surface area contributed by atoms with Crippen LogP contribution >= 0.6 is 11.6 Å². The number of nitrogens with one attached hydrogen (secondary N) is 1. The third-order valence-corrected chi connectivity index (χ3v) is 2.15. The largest absolute Gasteiger partial charge is 0.352 e. The molecular formula is C10H12ClFN2O. The molecule has 1 aromatic carbocycles. The van der Waals surface area contributed by atoms with E-state index in [1.54, 1.807) is 0 Å². The Hall–Kier alpha value is -1.13. The molecule has 1 rings (SSSR count). The van der Waals surface area contributed by atoms with Gasteiger partial charge in [-0.2, -0.15) is 0 Å². The van der Waals surface area contributed by atoms with Crippen LogP contribution in [0.1, 0.15) is 16.8 Å². The van der Waals surface area contributed by atoms with Crippen molar-refractivity contribution in [3.8, 4) is 0 Å². The summed E-state index contributed by atoms with van der Waals surface area (Å²) in [6.45, 7) is 1.00. The van der Waals surface area contributed by atoms with Gasteiger partial charge >= 0.3 is 0 Å². The van der Waals surface area contributed by atoms with Gasteiger partial charge < -0.3 is 11.1 Å². The summed E-state index contributed by atoms with van der Waals surface area (Å²) in [4.78, 5) is 11.5. The van der Waals surface area contributed by atoms with Crippen molar-refractivity contribution in [2.75, 3.05) is 13.1 Å². The Morgan fingerprint density at radius 3 is 2.87 bits per heavy atom. The summed E-state index contributed by atoms with van der Waals surface area (Å²) >= 11 is 5.71. The normalized spacial score (nSPS) is 10.1. The van der Waals surface area contributed by atoms with Gasteiger partial charge in [0.1, 0.15) is 5.82 Å². The molecule has 0 aromatic heterocycles. The number of nitrogens with two attached hydrogens (primary N) is 1. The second kappa shape index (κ2) is 5.68. The van der Waals surface area contributed by atoms with E-state index < -0.39 is 5.82 Å². The molecule has 0 aliphatic rings. The lowest BCUT2D eigenvalue weighted by Crippen LogP contribution is -2.26. The van der Waals surface area contributed by atoms with Crippen molar-refractivity contribution in [1.29, 1.82) is 0 Å². The Morgan fingerprint density at radius 2 is 2.27 bits per heavy atom. The smallest absolute Gasteiger partial charge is 0.252 e. The number of halogens is 2. The summed E-state index contributed by atoms with van der Waals surface area (Å²) in [6.07, 6.45) is 0.699. The van der Waals surface area contributed by atoms with Crippen LogP contribution in [0.5, 0.6) is 0 Å². The molecule has 0 aliphatic heterocycles. The summed E-state index contributed by atoms with van der Waals surface area (Å²) in [5.41, 5.74) is 5.55. The third kappa shape index (κ3) is 3.49. The molecule has 0 saturated carbocycles. The van der Waals surface area contributed by atoms with E-state index in [1.165, 1.54) is 12.1 Å². The molecule has 0 spiro atoms. The van der Waals surface area contributed by atoms with Crippen molar-refractivity contribution in [3.05, 3.63) is 34.6 Å². The van der Waals surface area contributed by atoms with Crippen LogP contribution in [0.25, 0.3) is 0 Å². The van der Waals surface area contributed by atoms with E-state index in [-0.39, 0.29) is 16.5 Å². The molecule has 15 heavy (non-hydrogen) atoms. The van der Waals surface area contributed by atoms with Gasteiger partial charge in [0.15, 0.2) is 0 Å². The van der Waals surface area contributed by atoms with E-state index in [9.17, 15) is 9.18 Å². The van der Waals surface area contributed by atoms with Gasteiger partial charge in [-0.15, -0.1) is 0 Å². The molecule has 3 nitrogen and oxygen atoms in total. The molecule has 0 heterocycles. The van der Waals surface area contributed by atoms with Crippen LogP contribution in [0.2, 0.25) is 5.02 Å². The lowest BCUT2D eigenvalue weighted by atomic mass is 10.2. The number of rotatable bonds is 4. The van der Waals surface area contributed by atoms with Gasteiger partial charge in [-0.1, -0.05) is 11.6 Å². The summed E-state index contributed by atoms with van der Waals surface area (Å²) in [5.74, 6) is -0.771. The first kappa shape index (κ1) is 11.9. The Kier molecular flexibility index (Phi) is 4.52. The maximum atomic E-state index is 12.7. The molecule has 3 N–H and O–H groups in total. The van der Waals surface area contributed by atoms with Crippen molar-refractivity contribution in [1.82, 2.24) is 5.32 Å². The Labute approximate surface area is 92.4 Å². The zero-order valence-corrected chi connectivity index (χ0v) is 8.85. The van der Waals surface area contributed by atoms with Gasteiger partial charge in [-0.3, -0.25) is 4.79 Å². The number of benzene rings is 1. The van der Waals surface area contributed by atoms with Gasteiger partial charge in [-0.05, 0) is 31.2 Å². The van der Waals surface area contributed by atoms with E-state index in [0.717, 1.165) is 6.07 Å². The van der Waals surface area contributed by atoms with Gasteiger partial charge in [-0.25, -0.2) is 4.39 Å². The highest BCUT2D eigenvalue weighted by Crippen LogP contribution is 2.16. The average molecular weight is 231 g/mol. The summed E-state index contributed by atoms with van der Waals surface area (Å²) in [5, 5.41) is 2.75. The molecule has 0 saturated heterocycles. The minimum atomic E-state index is -0.460. The predicted octanol–water partition coefficient (Wildman–Crippen LogP) is 1.56. The molecule has 5 heteroatoms. The third-order valence-electron chi connectivity index (χ3n) is 1.84. The van der Waals surface area contributed by atoms with Crippen molar-refractivity contribution in [3.63, 3.8) is 0 Å². The molecule has 1 aromatic rings. The fraction of sp³-hybridized carbons (Fsp3) is 0.300. The second-order valence-electron chi connectivity index (χ2n) is 3.02. The lowest BCUT2D eigenvalue weighted by Gasteiger charge is -2.05. The predicted molar refractivity (Wildman–Crippen MR) is 57.4 cm³/mol. The first-order chi connectivity index (χ1) is 7.15. The van der Waals surface area contributed by atoms with Crippen molar-refractivity contribution in [2.24, 2.45) is 5.73 Å². The van der Waals surface area contributed by atoms with Gasteiger partial charge in [0.2, 0.25) is 0 Å². The Morgan fingerprint density at radius 1 is 1.53 bits per heavy atom. The molecule has 0 fully saturated rings. The van der Waals surface area contributed by atoms with E-state index in [1.807, 2.05) is 0 Å². The standard InChI is InChI=1S/C10H12ClFN2O/c11-9-6-7(12)2-3-8(9)10(15)14-5-1-4-13/h2-3,6H,1,4-5,13H2,(H,14,15). The van der Waals surface area contributed by atoms with Crippen LogP contribution in [0.15, 0.2) is 18.2 Å². The highest BCUT2D eigenvalue weighted by atomic mass is 35.5. The van der Waals surface area contributed by atoms with E-state index in [4.69, 9.17) is 17.3 Å². The van der Waals surface area contributed by atoms with Crippen LogP contribution in [-0.4, -0.2) is 19.0 Å². The SMILES string of the molecule is NCCCNC(=O)c1ccc(F)cc1Cl. The van der Waals surface area contributed by atoms with Crippen LogP contribution < -0.4 is 11.1 Å². The average Bonchev–Trinajstić information content (AvgIpc) is 2.17. The highest BCUT2D eigenvalue weighted by Gasteiger charge is 2.09. The molecule has 82 valence electrons. The van der Waals surface area contributed by atoms with E-state index in [2.05, 4.69) is 5.32 Å². The first-order valence-corrected chi connectivity index (χ1v) is 4.96. The monoisotopic (exact) mass is 230 g/mol. The second-order valence-corrected chi connectivity index (χ2v) is 3.43. The Balaban J connectivity index is 2.65. The molecule has 0 atom stereocenters. The number of hydrogen-bond acceptors (Lipinski definition) is 2. The van der Waals surface area contributed by atoms with Crippen molar-refractivity contribution in [2.45, 2.75) is 6.42 Å². The molecule has 1 amide bonds. The zero-order valence-electron chi connectivity index (χ0n) is 8.09. The zero-order chi connectivity index (χ0) is 11.3. The first-order valence-electron chi connectivity index (χ1n) is 4.58. The minimum Gasteiger partial charge on any atom is -0.352 e. The van der Waals surface area contributed by atoms with Crippen LogP contribution in [0, 0.1) is 5.82 Å². The molecule has 0 radical (unpaired) electrons. The highest BCUT2D eigenvalue weighted by molar-refractivity contribution is 6.33. The van der Waals surface area contributed by atoms with Gasteiger partial charge in [0.25, 0.3) is 5.91 Å². The molecular weight excluding hydrogens is 219 g/mol. The fourth-order valence-electron chi connectivity index (χ4n) is 1.07. The van der Waals surface area contributed by atoms with Crippen molar-refractivity contribution >= 4 is 17.5 Å². The molecule has 0 unspecified atom stereocenters. The summed E-state index contributed by atoms with van der Waals surface area (Å²) in [7, 11) is 0. The number of carbonyl (C=O) groups is 1. The maximum absolute atomic E-state index is 12.7. The van der Waals surface area contributed by atoms with Crippen LogP contribution in [0.4, 0.5) is 4.39 Å². The minimum absolute atomic E-state index is 0.111. The fourth-order valence-corrected chi connectivity index (χ4v) is 1.33. The quantitative estimate of drug-likeness (QED) is 0.772. The lowest BCUT2D eigenvalue weighted by molar-refractivity contribution is 0.0953. The van der Waals surface area contributed by atoms with E-state index in [0.29, 0.717) is 19.5 Å². The summed E-state index contributed by atoms with van der Waals surface area (Å²) in [6, 6.07) is 3.67. The van der Waals surface area contributed by atoms with E-state index >= 15 is 0 Å². The van der Waals surface area contributed by atoms with Gasteiger partial charge in [0, 0.05) is 6.54 Å². The summed E-state index contributed by atoms with van der Waals surface area (Å²) < 4.78 is 12.7. The van der Waals surface area contributed by atoms with Crippen LogP contribution in [-0.2, 0) is 0 Å². The maximum Gasteiger partial charge on any atom is 0.252 e. The molecule has 0 aliphatic carbocycles. The molecule has 0 bridgehead atoms. The van der Waals surface area contributed by atoms with Crippen LogP contribution in [0.3, 0.4) is 0 Å². The number of carbonyl (C=O) groups excluding carboxylic acids is 1. The number of hydrogen-bond donors (Lipinski definition) is 2. The number of amides is 1. The van der Waals surface area contributed by atoms with Crippen molar-refractivity contribution < 1.29 is 9.18 Å².